The summed E-state index contributed by atoms with van der Waals surface area (Å²) in [6.07, 6.45) is 1.63. The van der Waals surface area contributed by atoms with Gasteiger partial charge in [-0.3, -0.25) is 14.4 Å². The van der Waals surface area contributed by atoms with Crippen LogP contribution in [0.5, 0.6) is 0 Å². The zero-order chi connectivity index (χ0) is 28.4. The molecule has 0 fully saturated rings. The van der Waals surface area contributed by atoms with Crippen molar-refractivity contribution in [3.05, 3.63) is 144 Å². The van der Waals surface area contributed by atoms with Crippen LogP contribution in [-0.4, -0.2) is 23.5 Å². The van der Waals surface area contributed by atoms with Gasteiger partial charge >= 0.3 is 0 Å². The lowest BCUT2D eigenvalue weighted by molar-refractivity contribution is -0.114. The molecule has 41 heavy (non-hydrogen) atoms. The zero-order valence-electron chi connectivity index (χ0n) is 22.0. The minimum absolute atomic E-state index is 0.104. The molecule has 0 heterocycles. The third-order valence-electron chi connectivity index (χ3n) is 6.15. The van der Waals surface area contributed by atoms with E-state index in [1.54, 1.807) is 42.5 Å². The Hall–Kier alpha value is -5.14. The molecule has 0 atom stereocenters. The number of benzene rings is 5. The molecule has 0 saturated heterocycles. The molecule has 0 saturated carbocycles. The summed E-state index contributed by atoms with van der Waals surface area (Å²) in [6.45, 7) is 0. The Morgan fingerprint density at radius 3 is 2.00 bits per heavy atom. The van der Waals surface area contributed by atoms with Crippen LogP contribution in [0.2, 0.25) is 0 Å². The van der Waals surface area contributed by atoms with Crippen molar-refractivity contribution in [1.29, 1.82) is 0 Å². The van der Waals surface area contributed by atoms with Gasteiger partial charge in [0.15, 0.2) is 0 Å². The molecule has 0 radical (unpaired) electrons. The van der Waals surface area contributed by atoms with Crippen molar-refractivity contribution in [2.45, 2.75) is 4.90 Å². The fraction of sp³-hybridized carbons (Fsp3) is 0.0294. The fourth-order valence-electron chi connectivity index (χ4n) is 4.10. The highest BCUT2D eigenvalue weighted by atomic mass is 32.2. The second-order valence-electron chi connectivity index (χ2n) is 9.17. The third kappa shape index (κ3) is 7.71. The lowest BCUT2D eigenvalue weighted by Gasteiger charge is -2.12. The maximum Gasteiger partial charge on any atom is 0.272 e. The number of thioether (sulfide) groups is 1. The van der Waals surface area contributed by atoms with Crippen LogP contribution >= 0.6 is 11.8 Å². The Morgan fingerprint density at radius 2 is 1.27 bits per heavy atom. The molecule has 3 N–H and O–H groups in total. The Labute approximate surface area is 242 Å². The Morgan fingerprint density at radius 1 is 0.634 bits per heavy atom. The number of rotatable bonds is 9. The van der Waals surface area contributed by atoms with Crippen molar-refractivity contribution in [3.8, 4) is 0 Å². The number of carbonyl (C=O) groups is 3. The normalized spacial score (nSPS) is 11.1. The van der Waals surface area contributed by atoms with E-state index >= 15 is 0 Å². The topological polar surface area (TPSA) is 87.3 Å². The molecule has 5 aromatic carbocycles. The average Bonchev–Trinajstić information content (AvgIpc) is 3.01. The number of amides is 3. The highest BCUT2D eigenvalue weighted by Gasteiger charge is 2.15. The summed E-state index contributed by atoms with van der Waals surface area (Å²) < 4.78 is 0. The highest BCUT2D eigenvalue weighted by Crippen LogP contribution is 2.23. The van der Waals surface area contributed by atoms with Crippen LogP contribution in [0.4, 0.5) is 11.4 Å². The highest BCUT2D eigenvalue weighted by molar-refractivity contribution is 8.00. The summed E-state index contributed by atoms with van der Waals surface area (Å²) in [5.74, 6) is -0.689. The second kappa shape index (κ2) is 13.3. The Balaban J connectivity index is 1.19. The number of fused-ring (bicyclic) bond motifs is 1. The molecule has 0 aliphatic rings. The van der Waals surface area contributed by atoms with E-state index in [1.807, 2.05) is 91.0 Å². The first-order valence-corrected chi connectivity index (χ1v) is 14.0. The van der Waals surface area contributed by atoms with E-state index in [0.29, 0.717) is 11.3 Å². The van der Waals surface area contributed by atoms with Crippen LogP contribution in [0, 0.1) is 0 Å². The smallest absolute Gasteiger partial charge is 0.272 e. The van der Waals surface area contributed by atoms with Crippen molar-refractivity contribution >= 4 is 57.7 Å². The number of nitrogens with one attached hydrogen (secondary N) is 3. The average molecular weight is 558 g/mol. The van der Waals surface area contributed by atoms with Crippen LogP contribution in [0.25, 0.3) is 16.8 Å². The molecule has 6 nitrogen and oxygen atoms in total. The standard InChI is InChI=1S/C34H27N3O3S/c38-32(35-29-16-15-25-11-7-8-14-27(25)22-29)23-41-30-19-17-28(18-20-30)36-34(40)31(21-24-9-3-1-4-10-24)37-33(39)26-12-5-2-6-13-26/h1-22H,23H2,(H,35,38)(H,36,40)(H,37,39)/b31-21-. The summed E-state index contributed by atoms with van der Waals surface area (Å²) >= 11 is 1.40. The number of hydrogen-bond donors (Lipinski definition) is 3. The number of hydrogen-bond acceptors (Lipinski definition) is 4. The SMILES string of the molecule is O=C(CSc1ccc(NC(=O)/C(=C/c2ccccc2)NC(=O)c2ccccc2)cc1)Nc1ccc2ccccc2c1. The molecule has 5 rings (SSSR count). The second-order valence-corrected chi connectivity index (χ2v) is 10.2. The molecule has 7 heteroatoms. The van der Waals surface area contributed by atoms with E-state index in [-0.39, 0.29) is 23.3 Å². The molecule has 5 aromatic rings. The lowest BCUT2D eigenvalue weighted by atomic mass is 10.1. The molecule has 0 spiro atoms. The molecule has 202 valence electrons. The first-order valence-electron chi connectivity index (χ1n) is 13.0. The Bertz CT molecular complexity index is 1700. The van der Waals surface area contributed by atoms with Gasteiger partial charge in [-0.1, -0.05) is 78.9 Å². The Kier molecular flexibility index (Phi) is 8.88. The monoisotopic (exact) mass is 557 g/mol. The van der Waals surface area contributed by atoms with Crippen LogP contribution in [0.15, 0.2) is 138 Å². The summed E-state index contributed by atoms with van der Waals surface area (Å²) in [5.41, 5.74) is 2.66. The lowest BCUT2D eigenvalue weighted by Crippen LogP contribution is -2.30. The van der Waals surface area contributed by atoms with E-state index in [0.717, 1.165) is 26.9 Å². The number of carbonyl (C=O) groups excluding carboxylic acids is 3. The van der Waals surface area contributed by atoms with E-state index in [1.165, 1.54) is 11.8 Å². The van der Waals surface area contributed by atoms with Gasteiger partial charge in [-0.2, -0.15) is 0 Å². The minimum Gasteiger partial charge on any atom is -0.325 e. The molecule has 3 amide bonds. The van der Waals surface area contributed by atoms with Crippen molar-refractivity contribution in [1.82, 2.24) is 5.32 Å². The zero-order valence-corrected chi connectivity index (χ0v) is 22.9. The van der Waals surface area contributed by atoms with Gasteiger partial charge in [0.1, 0.15) is 5.70 Å². The maximum absolute atomic E-state index is 13.2. The molecular weight excluding hydrogens is 530 g/mol. The summed E-state index contributed by atoms with van der Waals surface area (Å²) in [5, 5.41) is 10.7. The summed E-state index contributed by atoms with van der Waals surface area (Å²) in [6, 6.07) is 39.1. The molecule has 0 unspecified atom stereocenters. The van der Waals surface area contributed by atoms with Crippen molar-refractivity contribution in [2.24, 2.45) is 0 Å². The van der Waals surface area contributed by atoms with Crippen LogP contribution in [-0.2, 0) is 9.59 Å². The number of anilines is 2. The van der Waals surface area contributed by atoms with Gasteiger partial charge in [0.05, 0.1) is 5.75 Å². The minimum atomic E-state index is -0.451. The molecule has 0 aliphatic heterocycles. The molecular formula is C34H27N3O3S. The van der Waals surface area contributed by atoms with Crippen molar-refractivity contribution in [2.75, 3.05) is 16.4 Å². The summed E-state index contributed by atoms with van der Waals surface area (Å²) in [7, 11) is 0. The predicted molar refractivity (Wildman–Crippen MR) is 167 cm³/mol. The third-order valence-corrected chi connectivity index (χ3v) is 7.17. The molecule has 0 bridgehead atoms. The molecule has 0 aliphatic carbocycles. The van der Waals surface area contributed by atoms with Gasteiger partial charge in [-0.25, -0.2) is 0 Å². The molecule has 0 aromatic heterocycles. The first kappa shape index (κ1) is 27.4. The predicted octanol–water partition coefficient (Wildman–Crippen LogP) is 6.98. The van der Waals surface area contributed by atoms with Gasteiger partial charge < -0.3 is 16.0 Å². The van der Waals surface area contributed by atoms with Crippen LogP contribution in [0.1, 0.15) is 15.9 Å². The van der Waals surface area contributed by atoms with Crippen molar-refractivity contribution in [3.63, 3.8) is 0 Å². The van der Waals surface area contributed by atoms with Gasteiger partial charge in [0, 0.05) is 21.8 Å². The largest absolute Gasteiger partial charge is 0.325 e. The van der Waals surface area contributed by atoms with E-state index in [2.05, 4.69) is 16.0 Å². The fourth-order valence-corrected chi connectivity index (χ4v) is 4.80. The maximum atomic E-state index is 13.2. The van der Waals surface area contributed by atoms with Gasteiger partial charge in [0.2, 0.25) is 5.91 Å². The van der Waals surface area contributed by atoms with Gasteiger partial charge in [-0.05, 0) is 70.9 Å². The van der Waals surface area contributed by atoms with E-state index < -0.39 is 5.91 Å². The summed E-state index contributed by atoms with van der Waals surface area (Å²) in [4.78, 5) is 39.4. The van der Waals surface area contributed by atoms with Gasteiger partial charge in [0.25, 0.3) is 11.8 Å². The van der Waals surface area contributed by atoms with E-state index in [4.69, 9.17) is 0 Å². The quantitative estimate of drug-likeness (QED) is 0.135. The first-order chi connectivity index (χ1) is 20.0. The van der Waals surface area contributed by atoms with Crippen LogP contribution in [0.3, 0.4) is 0 Å². The van der Waals surface area contributed by atoms with Gasteiger partial charge in [-0.15, -0.1) is 11.8 Å². The van der Waals surface area contributed by atoms with Crippen molar-refractivity contribution < 1.29 is 14.4 Å². The van der Waals surface area contributed by atoms with E-state index in [9.17, 15) is 14.4 Å². The van der Waals surface area contributed by atoms with Crippen LogP contribution < -0.4 is 16.0 Å².